The van der Waals surface area contributed by atoms with E-state index in [4.69, 9.17) is 11.0 Å². The summed E-state index contributed by atoms with van der Waals surface area (Å²) in [6.07, 6.45) is 2.17. The fourth-order valence-corrected chi connectivity index (χ4v) is 3.16. The SMILES string of the molecule is Cc1c(CC(N)=O)c(=O)n([C@@H](C)c2ncc(C#N)cn2)c2ccc(F)c(F)c12. The Balaban J connectivity index is 2.37. The summed E-state index contributed by atoms with van der Waals surface area (Å²) in [5.41, 5.74) is 5.16. The minimum Gasteiger partial charge on any atom is -0.369 e. The fraction of sp³-hybridized carbons (Fsp3) is 0.211. The van der Waals surface area contributed by atoms with E-state index in [0.29, 0.717) is 0 Å². The first kappa shape index (κ1) is 19.1. The van der Waals surface area contributed by atoms with Crippen LogP contribution in [0.15, 0.2) is 29.3 Å². The van der Waals surface area contributed by atoms with Crippen LogP contribution in [-0.4, -0.2) is 20.4 Å². The molecule has 0 aliphatic rings. The number of rotatable bonds is 4. The van der Waals surface area contributed by atoms with E-state index in [9.17, 15) is 18.4 Å². The van der Waals surface area contributed by atoms with Crippen molar-refractivity contribution in [2.45, 2.75) is 26.3 Å². The van der Waals surface area contributed by atoms with Gasteiger partial charge >= 0.3 is 0 Å². The number of benzene rings is 1. The molecule has 9 heteroatoms. The highest BCUT2D eigenvalue weighted by Crippen LogP contribution is 2.28. The zero-order valence-corrected chi connectivity index (χ0v) is 15.0. The Morgan fingerprint density at radius 2 is 1.96 bits per heavy atom. The molecule has 2 heterocycles. The number of primary amides is 1. The number of nitriles is 1. The van der Waals surface area contributed by atoms with Crippen molar-refractivity contribution in [3.05, 3.63) is 69.0 Å². The minimum absolute atomic E-state index is 0.0232. The molecule has 3 aromatic rings. The Hall–Kier alpha value is -3.67. The maximum absolute atomic E-state index is 14.6. The summed E-state index contributed by atoms with van der Waals surface area (Å²) in [5, 5.41) is 8.76. The molecule has 0 aliphatic carbocycles. The van der Waals surface area contributed by atoms with Gasteiger partial charge in [-0.1, -0.05) is 0 Å². The van der Waals surface area contributed by atoms with Crippen molar-refractivity contribution in [2.75, 3.05) is 0 Å². The number of aryl methyl sites for hydroxylation is 1. The Labute approximate surface area is 158 Å². The predicted molar refractivity (Wildman–Crippen MR) is 96.3 cm³/mol. The van der Waals surface area contributed by atoms with Gasteiger partial charge in [-0.3, -0.25) is 14.2 Å². The highest BCUT2D eigenvalue weighted by atomic mass is 19.2. The number of pyridine rings is 1. The number of carbonyl (C=O) groups is 1. The van der Waals surface area contributed by atoms with E-state index in [0.717, 1.165) is 6.07 Å². The quantitative estimate of drug-likeness (QED) is 0.739. The second kappa shape index (κ2) is 7.15. The smallest absolute Gasteiger partial charge is 0.255 e. The van der Waals surface area contributed by atoms with Crippen LogP contribution in [0.3, 0.4) is 0 Å². The van der Waals surface area contributed by atoms with Gasteiger partial charge in [0.15, 0.2) is 17.5 Å². The van der Waals surface area contributed by atoms with E-state index < -0.39 is 35.6 Å². The van der Waals surface area contributed by atoms with E-state index >= 15 is 0 Å². The number of amides is 1. The van der Waals surface area contributed by atoms with Crippen LogP contribution >= 0.6 is 0 Å². The van der Waals surface area contributed by atoms with Gasteiger partial charge in [-0.25, -0.2) is 18.7 Å². The summed E-state index contributed by atoms with van der Waals surface area (Å²) < 4.78 is 29.6. The first-order valence-corrected chi connectivity index (χ1v) is 8.28. The highest BCUT2D eigenvalue weighted by Gasteiger charge is 2.24. The van der Waals surface area contributed by atoms with Crippen LogP contribution in [0.1, 0.15) is 35.5 Å². The van der Waals surface area contributed by atoms with Crippen molar-refractivity contribution < 1.29 is 13.6 Å². The maximum Gasteiger partial charge on any atom is 0.255 e. The van der Waals surface area contributed by atoms with Gasteiger partial charge in [0.1, 0.15) is 6.07 Å². The molecule has 0 unspecified atom stereocenters. The molecule has 142 valence electrons. The van der Waals surface area contributed by atoms with Crippen LogP contribution in [0, 0.1) is 29.9 Å². The average molecular weight is 383 g/mol. The summed E-state index contributed by atoms with van der Waals surface area (Å²) in [6, 6.07) is 3.32. The lowest BCUT2D eigenvalue weighted by Gasteiger charge is -2.20. The van der Waals surface area contributed by atoms with Crippen LogP contribution in [0.4, 0.5) is 8.78 Å². The summed E-state index contributed by atoms with van der Waals surface area (Å²) in [4.78, 5) is 32.7. The van der Waals surface area contributed by atoms with E-state index in [-0.39, 0.29) is 33.4 Å². The van der Waals surface area contributed by atoms with Crippen LogP contribution in [-0.2, 0) is 11.2 Å². The van der Waals surface area contributed by atoms with Crippen molar-refractivity contribution in [2.24, 2.45) is 5.73 Å². The number of carbonyl (C=O) groups excluding carboxylic acids is 1. The molecule has 1 amide bonds. The molecule has 0 aliphatic heterocycles. The van der Waals surface area contributed by atoms with Gasteiger partial charge in [-0.05, 0) is 31.5 Å². The van der Waals surface area contributed by atoms with Crippen molar-refractivity contribution >= 4 is 16.8 Å². The maximum atomic E-state index is 14.6. The molecule has 0 radical (unpaired) electrons. The molecule has 0 saturated heterocycles. The highest BCUT2D eigenvalue weighted by molar-refractivity contribution is 5.86. The third-order valence-corrected chi connectivity index (χ3v) is 4.55. The van der Waals surface area contributed by atoms with Crippen LogP contribution in [0.5, 0.6) is 0 Å². The lowest BCUT2D eigenvalue weighted by Crippen LogP contribution is -2.32. The summed E-state index contributed by atoms with van der Waals surface area (Å²) in [6.45, 7) is 3.05. The summed E-state index contributed by atoms with van der Waals surface area (Å²) >= 11 is 0. The standard InChI is InChI=1S/C19H15F2N5O2/c1-9-12(5-15(23)27)19(28)26(14-4-3-13(20)17(21)16(9)14)10(2)18-24-7-11(6-22)8-25-18/h3-4,7-8,10H,5H2,1-2H3,(H2,23,27)/t10-/m0/s1. The average Bonchev–Trinajstić information content (AvgIpc) is 2.67. The van der Waals surface area contributed by atoms with E-state index in [1.165, 1.54) is 30.0 Å². The largest absolute Gasteiger partial charge is 0.369 e. The normalized spacial score (nSPS) is 12.0. The third kappa shape index (κ3) is 3.09. The Morgan fingerprint density at radius 3 is 2.54 bits per heavy atom. The zero-order valence-electron chi connectivity index (χ0n) is 15.0. The van der Waals surface area contributed by atoms with Crippen molar-refractivity contribution in [1.82, 2.24) is 14.5 Å². The molecule has 0 fully saturated rings. The van der Waals surface area contributed by atoms with Crippen molar-refractivity contribution in [3.8, 4) is 6.07 Å². The van der Waals surface area contributed by atoms with Crippen molar-refractivity contribution in [3.63, 3.8) is 0 Å². The van der Waals surface area contributed by atoms with Gasteiger partial charge in [-0.2, -0.15) is 5.26 Å². The molecule has 28 heavy (non-hydrogen) atoms. The minimum atomic E-state index is -1.12. The number of hydrogen-bond donors (Lipinski definition) is 1. The number of aromatic nitrogens is 3. The van der Waals surface area contributed by atoms with E-state index in [2.05, 4.69) is 9.97 Å². The molecule has 7 nitrogen and oxygen atoms in total. The van der Waals surface area contributed by atoms with Crippen LogP contribution in [0.25, 0.3) is 10.9 Å². The van der Waals surface area contributed by atoms with Gasteiger partial charge in [0.2, 0.25) is 5.91 Å². The fourth-order valence-electron chi connectivity index (χ4n) is 3.16. The monoisotopic (exact) mass is 383 g/mol. The second-order valence-electron chi connectivity index (χ2n) is 6.30. The number of halogens is 2. The summed E-state index contributed by atoms with van der Waals surface area (Å²) in [5.74, 6) is -2.78. The second-order valence-corrected chi connectivity index (χ2v) is 6.30. The van der Waals surface area contributed by atoms with Gasteiger partial charge < -0.3 is 5.73 Å². The zero-order chi connectivity index (χ0) is 20.6. The van der Waals surface area contributed by atoms with Crippen LogP contribution in [0.2, 0.25) is 0 Å². The number of hydrogen-bond acceptors (Lipinski definition) is 5. The number of nitrogens with two attached hydrogens (primary N) is 1. The molecular weight excluding hydrogens is 368 g/mol. The molecule has 0 bridgehead atoms. The Kier molecular flexibility index (Phi) is 4.88. The molecule has 0 spiro atoms. The van der Waals surface area contributed by atoms with E-state index in [1.807, 2.05) is 6.07 Å². The first-order chi connectivity index (χ1) is 13.3. The molecule has 2 N–H and O–H groups in total. The Morgan fingerprint density at radius 1 is 1.32 bits per heavy atom. The van der Waals surface area contributed by atoms with Gasteiger partial charge in [0, 0.05) is 23.3 Å². The third-order valence-electron chi connectivity index (χ3n) is 4.55. The molecule has 0 saturated carbocycles. The number of nitrogens with zero attached hydrogens (tertiary/aromatic N) is 4. The van der Waals surface area contributed by atoms with E-state index in [1.54, 1.807) is 6.92 Å². The first-order valence-electron chi connectivity index (χ1n) is 8.28. The summed E-state index contributed by atoms with van der Waals surface area (Å²) in [7, 11) is 0. The Bertz CT molecular complexity index is 1200. The molecule has 2 aromatic heterocycles. The molecule has 3 rings (SSSR count). The van der Waals surface area contributed by atoms with Gasteiger partial charge in [0.05, 0.1) is 23.5 Å². The number of fused-ring (bicyclic) bond motifs is 1. The molecule has 1 atom stereocenters. The topological polar surface area (TPSA) is 115 Å². The van der Waals surface area contributed by atoms with Gasteiger partial charge in [-0.15, -0.1) is 0 Å². The van der Waals surface area contributed by atoms with Crippen LogP contribution < -0.4 is 11.3 Å². The molecule has 1 aromatic carbocycles. The molecular formula is C19H15F2N5O2. The lowest BCUT2D eigenvalue weighted by molar-refractivity contribution is -0.117. The predicted octanol–water partition coefficient (Wildman–Crippen LogP) is 1.89. The van der Waals surface area contributed by atoms with Crippen molar-refractivity contribution in [1.29, 1.82) is 5.26 Å². The van der Waals surface area contributed by atoms with Gasteiger partial charge in [0.25, 0.3) is 5.56 Å². The lowest BCUT2D eigenvalue weighted by atomic mass is 10.00.